The molecule has 0 atom stereocenters. The first-order chi connectivity index (χ1) is 15.9. The standard InChI is InChI=1S/C28H26NO3P/c1-3-19-11-13-25-26-14-12-20(4-2)16-28(26)29(27(25)15-19)23-9-5-7-21(17-23)22-8-6-10-24(18-22)33(30,31)32/h5-18H,3-4H2,1-2H3,(H2,30,31,32). The third-order valence-electron chi connectivity index (χ3n) is 6.33. The molecule has 0 bridgehead atoms. The average Bonchev–Trinajstić information content (AvgIpc) is 3.16. The van der Waals surface area contributed by atoms with E-state index >= 15 is 0 Å². The van der Waals surface area contributed by atoms with Gasteiger partial charge in [-0.1, -0.05) is 62.4 Å². The second-order valence-electron chi connectivity index (χ2n) is 8.39. The predicted molar refractivity (Wildman–Crippen MR) is 137 cm³/mol. The first-order valence-electron chi connectivity index (χ1n) is 11.2. The van der Waals surface area contributed by atoms with Crippen molar-refractivity contribution >= 4 is 34.7 Å². The average molecular weight is 455 g/mol. The fourth-order valence-electron chi connectivity index (χ4n) is 4.52. The van der Waals surface area contributed by atoms with Crippen molar-refractivity contribution < 1.29 is 14.4 Å². The van der Waals surface area contributed by atoms with Gasteiger partial charge in [0.05, 0.1) is 16.3 Å². The molecule has 4 aromatic carbocycles. The molecule has 0 amide bonds. The number of aromatic nitrogens is 1. The first-order valence-corrected chi connectivity index (χ1v) is 12.8. The van der Waals surface area contributed by atoms with E-state index in [0.29, 0.717) is 0 Å². The highest BCUT2D eigenvalue weighted by Crippen LogP contribution is 2.36. The molecule has 0 spiro atoms. The highest BCUT2D eigenvalue weighted by atomic mass is 31.2. The van der Waals surface area contributed by atoms with Crippen LogP contribution in [-0.4, -0.2) is 14.4 Å². The van der Waals surface area contributed by atoms with Crippen LogP contribution in [0.4, 0.5) is 0 Å². The molecule has 0 unspecified atom stereocenters. The Morgan fingerprint density at radius 3 is 1.79 bits per heavy atom. The lowest BCUT2D eigenvalue weighted by Gasteiger charge is -2.12. The second kappa shape index (κ2) is 8.31. The van der Waals surface area contributed by atoms with E-state index in [0.717, 1.165) is 29.7 Å². The molecule has 4 nitrogen and oxygen atoms in total. The van der Waals surface area contributed by atoms with Gasteiger partial charge in [-0.05, 0) is 71.5 Å². The van der Waals surface area contributed by atoms with Gasteiger partial charge in [0.15, 0.2) is 0 Å². The fourth-order valence-corrected chi connectivity index (χ4v) is 5.11. The van der Waals surface area contributed by atoms with E-state index in [1.165, 1.54) is 39.0 Å². The number of hydrogen-bond donors (Lipinski definition) is 2. The molecule has 5 aromatic rings. The monoisotopic (exact) mass is 455 g/mol. The molecule has 0 saturated carbocycles. The molecule has 166 valence electrons. The number of aryl methyl sites for hydroxylation is 2. The molecule has 0 saturated heterocycles. The van der Waals surface area contributed by atoms with Crippen LogP contribution in [0.25, 0.3) is 38.6 Å². The summed E-state index contributed by atoms with van der Waals surface area (Å²) < 4.78 is 14.1. The van der Waals surface area contributed by atoms with Gasteiger partial charge < -0.3 is 14.4 Å². The lowest BCUT2D eigenvalue weighted by Crippen LogP contribution is -2.03. The Morgan fingerprint density at radius 1 is 0.697 bits per heavy atom. The molecular weight excluding hydrogens is 429 g/mol. The van der Waals surface area contributed by atoms with Crippen molar-refractivity contribution in [2.75, 3.05) is 0 Å². The topological polar surface area (TPSA) is 62.5 Å². The lowest BCUT2D eigenvalue weighted by molar-refractivity contribution is 0.387. The van der Waals surface area contributed by atoms with E-state index in [1.54, 1.807) is 12.1 Å². The summed E-state index contributed by atoms with van der Waals surface area (Å²) in [6, 6.07) is 28.1. The van der Waals surface area contributed by atoms with E-state index < -0.39 is 7.60 Å². The van der Waals surface area contributed by atoms with Crippen LogP contribution in [0.3, 0.4) is 0 Å². The number of hydrogen-bond acceptors (Lipinski definition) is 1. The molecule has 2 N–H and O–H groups in total. The van der Waals surface area contributed by atoms with E-state index in [2.05, 4.69) is 66.9 Å². The minimum absolute atomic E-state index is 0.0300. The summed E-state index contributed by atoms with van der Waals surface area (Å²) in [7, 11) is -4.31. The number of nitrogens with zero attached hydrogens (tertiary/aromatic N) is 1. The zero-order valence-electron chi connectivity index (χ0n) is 18.7. The zero-order valence-corrected chi connectivity index (χ0v) is 19.6. The Bertz CT molecular complexity index is 1480. The number of fused-ring (bicyclic) bond motifs is 3. The van der Waals surface area contributed by atoms with Crippen LogP contribution in [0.2, 0.25) is 0 Å². The first kappa shape index (κ1) is 21.7. The molecule has 5 heteroatoms. The third kappa shape index (κ3) is 3.91. The maximum atomic E-state index is 11.8. The number of benzene rings is 4. The van der Waals surface area contributed by atoms with Gasteiger partial charge in [-0.25, -0.2) is 0 Å². The summed E-state index contributed by atoms with van der Waals surface area (Å²) in [6.45, 7) is 4.33. The Kier molecular flexibility index (Phi) is 5.46. The molecule has 0 aliphatic carbocycles. The van der Waals surface area contributed by atoms with Gasteiger partial charge in [0.2, 0.25) is 0 Å². The molecule has 1 heterocycles. The van der Waals surface area contributed by atoms with E-state index in [1.807, 2.05) is 18.2 Å². The summed E-state index contributed by atoms with van der Waals surface area (Å²) in [5.41, 5.74) is 7.62. The molecule has 33 heavy (non-hydrogen) atoms. The fraction of sp³-hybridized carbons (Fsp3) is 0.143. The van der Waals surface area contributed by atoms with Crippen molar-refractivity contribution in [2.24, 2.45) is 0 Å². The van der Waals surface area contributed by atoms with Crippen molar-refractivity contribution in [2.45, 2.75) is 26.7 Å². The van der Waals surface area contributed by atoms with Crippen LogP contribution in [0.5, 0.6) is 0 Å². The molecule has 0 radical (unpaired) electrons. The summed E-state index contributed by atoms with van der Waals surface area (Å²) in [5.74, 6) is 0. The van der Waals surface area contributed by atoms with Crippen LogP contribution >= 0.6 is 7.60 Å². The third-order valence-corrected chi connectivity index (χ3v) is 7.28. The van der Waals surface area contributed by atoms with Crippen molar-refractivity contribution in [3.63, 3.8) is 0 Å². The molecule has 1 aromatic heterocycles. The summed E-state index contributed by atoms with van der Waals surface area (Å²) in [4.78, 5) is 19.2. The zero-order chi connectivity index (χ0) is 23.2. The second-order valence-corrected chi connectivity index (χ2v) is 9.99. The quantitative estimate of drug-likeness (QED) is 0.302. The molecule has 5 rings (SSSR count). The molecular formula is C28H26NO3P. The molecule has 0 fully saturated rings. The van der Waals surface area contributed by atoms with Gasteiger partial charge in [0.1, 0.15) is 0 Å². The summed E-state index contributed by atoms with van der Waals surface area (Å²) in [5, 5.41) is 2.47. The van der Waals surface area contributed by atoms with Crippen LogP contribution in [-0.2, 0) is 17.4 Å². The van der Waals surface area contributed by atoms with Gasteiger partial charge in [0.25, 0.3) is 0 Å². The summed E-state index contributed by atoms with van der Waals surface area (Å²) >= 11 is 0. The van der Waals surface area contributed by atoms with Crippen molar-refractivity contribution in [3.05, 3.63) is 96.1 Å². The largest absolute Gasteiger partial charge is 0.356 e. The van der Waals surface area contributed by atoms with Gasteiger partial charge in [-0.3, -0.25) is 4.57 Å². The van der Waals surface area contributed by atoms with Crippen LogP contribution in [0.15, 0.2) is 84.9 Å². The van der Waals surface area contributed by atoms with Crippen LogP contribution in [0, 0.1) is 0 Å². The lowest BCUT2D eigenvalue weighted by atomic mass is 10.0. The maximum Gasteiger partial charge on any atom is 0.356 e. The smallest absolute Gasteiger partial charge is 0.321 e. The minimum Gasteiger partial charge on any atom is -0.321 e. The van der Waals surface area contributed by atoms with E-state index in [-0.39, 0.29) is 5.30 Å². The van der Waals surface area contributed by atoms with E-state index in [4.69, 9.17) is 0 Å². The summed E-state index contributed by atoms with van der Waals surface area (Å²) in [6.07, 6.45) is 1.93. The normalized spacial score (nSPS) is 12.0. The number of rotatable bonds is 5. The highest BCUT2D eigenvalue weighted by molar-refractivity contribution is 7.60. The van der Waals surface area contributed by atoms with Crippen molar-refractivity contribution in [1.29, 1.82) is 0 Å². The Balaban J connectivity index is 1.76. The molecule has 0 aliphatic heterocycles. The Labute approximate surface area is 193 Å². The minimum atomic E-state index is -4.31. The molecule has 0 aliphatic rings. The maximum absolute atomic E-state index is 11.8. The highest BCUT2D eigenvalue weighted by Gasteiger charge is 2.18. The van der Waals surface area contributed by atoms with Gasteiger partial charge in [0, 0.05) is 16.5 Å². The van der Waals surface area contributed by atoms with Crippen molar-refractivity contribution in [3.8, 4) is 16.8 Å². The SMILES string of the molecule is CCc1ccc2c3ccc(CC)cc3n(-c3cccc(-c4cccc(P(=O)(O)O)c4)c3)c2c1. The van der Waals surface area contributed by atoms with E-state index in [9.17, 15) is 14.4 Å². The van der Waals surface area contributed by atoms with Gasteiger partial charge >= 0.3 is 7.60 Å². The van der Waals surface area contributed by atoms with Gasteiger partial charge in [-0.2, -0.15) is 0 Å². The van der Waals surface area contributed by atoms with Crippen LogP contribution in [0.1, 0.15) is 25.0 Å². The Hall–Kier alpha value is -3.17. The Morgan fingerprint density at radius 2 is 1.24 bits per heavy atom. The van der Waals surface area contributed by atoms with Crippen molar-refractivity contribution in [1.82, 2.24) is 4.57 Å². The van der Waals surface area contributed by atoms with Gasteiger partial charge in [-0.15, -0.1) is 0 Å². The predicted octanol–water partition coefficient (Wildman–Crippen LogP) is 6.38. The van der Waals surface area contributed by atoms with Crippen LogP contribution < -0.4 is 5.30 Å².